The van der Waals surface area contributed by atoms with Gasteiger partial charge in [-0.3, -0.25) is 0 Å². The molecule has 2 aliphatic carbocycles. The SMILES string of the molecule is CC(C)(C)C1=CCC2C(=C1)C1=c3c(c4c5oc6c(ccc7c6c6cc(C(C)(C)C)cc8c9cc(C(C)(C)C)ccc9n7c86)c5ccc4n32)=CC(C(C)(C)C)C1. The summed E-state index contributed by atoms with van der Waals surface area (Å²) >= 11 is 0. The molecule has 4 aromatic heterocycles. The van der Waals surface area contributed by atoms with Crippen LogP contribution in [0.3, 0.4) is 0 Å². The van der Waals surface area contributed by atoms with Crippen LogP contribution in [0.4, 0.5) is 0 Å². The Balaban J connectivity index is 1.27. The molecule has 0 bridgehead atoms. The van der Waals surface area contributed by atoms with Gasteiger partial charge in [0.2, 0.25) is 0 Å². The fourth-order valence-electron chi connectivity index (χ4n) is 10.6. The van der Waals surface area contributed by atoms with Gasteiger partial charge < -0.3 is 13.4 Å². The Kier molecular flexibility index (Phi) is 6.20. The zero-order chi connectivity index (χ0) is 38.5. The average molecular weight is 723 g/mol. The van der Waals surface area contributed by atoms with Gasteiger partial charge in [-0.25, -0.2) is 0 Å². The molecule has 0 radical (unpaired) electrons. The highest BCUT2D eigenvalue weighted by molar-refractivity contribution is 6.30. The molecule has 8 aromatic rings. The molecule has 278 valence electrons. The van der Waals surface area contributed by atoms with E-state index in [0.29, 0.717) is 12.0 Å². The molecule has 0 spiro atoms. The number of hydrogen-bond donors (Lipinski definition) is 0. The Labute approximate surface area is 324 Å². The number of aromatic nitrogens is 2. The Morgan fingerprint density at radius 2 is 1.25 bits per heavy atom. The molecule has 0 fully saturated rings. The Morgan fingerprint density at radius 1 is 0.618 bits per heavy atom. The molecular weight excluding hydrogens is 669 g/mol. The Bertz CT molecular complexity index is 3230. The maximum Gasteiger partial charge on any atom is 0.145 e. The molecule has 3 aliphatic rings. The van der Waals surface area contributed by atoms with E-state index in [0.717, 1.165) is 24.0 Å². The van der Waals surface area contributed by atoms with Crippen molar-refractivity contribution < 1.29 is 4.42 Å². The highest BCUT2D eigenvalue weighted by Gasteiger charge is 2.39. The molecule has 3 heteroatoms. The predicted octanol–water partition coefficient (Wildman–Crippen LogP) is 13.1. The predicted molar refractivity (Wildman–Crippen MR) is 235 cm³/mol. The van der Waals surface area contributed by atoms with Gasteiger partial charge >= 0.3 is 0 Å². The Morgan fingerprint density at radius 3 is 1.93 bits per heavy atom. The number of benzene rings is 4. The summed E-state index contributed by atoms with van der Waals surface area (Å²) in [4.78, 5) is 0. The highest BCUT2D eigenvalue weighted by Crippen LogP contribution is 2.50. The molecule has 5 heterocycles. The van der Waals surface area contributed by atoms with Crippen molar-refractivity contribution in [3.8, 4) is 0 Å². The van der Waals surface area contributed by atoms with Crippen LogP contribution in [0.1, 0.15) is 113 Å². The summed E-state index contributed by atoms with van der Waals surface area (Å²) in [5.74, 6) is 0.438. The van der Waals surface area contributed by atoms with Gasteiger partial charge in [-0.15, -0.1) is 0 Å². The van der Waals surface area contributed by atoms with E-state index in [2.05, 4.69) is 165 Å². The second-order valence-electron chi connectivity index (χ2n) is 21.5. The van der Waals surface area contributed by atoms with E-state index < -0.39 is 0 Å². The van der Waals surface area contributed by atoms with Crippen LogP contribution in [0.15, 0.2) is 82.3 Å². The van der Waals surface area contributed by atoms with Crippen LogP contribution in [-0.4, -0.2) is 8.97 Å². The first-order chi connectivity index (χ1) is 25.8. The van der Waals surface area contributed by atoms with Crippen LogP contribution in [0.5, 0.6) is 0 Å². The minimum atomic E-state index is -0.00390. The third-order valence-electron chi connectivity index (χ3n) is 13.8. The lowest BCUT2D eigenvalue weighted by molar-refractivity contribution is 0.312. The van der Waals surface area contributed by atoms with Gasteiger partial charge in [-0.1, -0.05) is 107 Å². The van der Waals surface area contributed by atoms with Crippen molar-refractivity contribution in [3.05, 3.63) is 99.6 Å². The largest absolute Gasteiger partial charge is 0.455 e. The third-order valence-corrected chi connectivity index (χ3v) is 13.8. The van der Waals surface area contributed by atoms with Crippen molar-refractivity contribution in [3.63, 3.8) is 0 Å². The molecule has 0 amide bonds. The number of nitrogens with zero attached hydrogens (tertiary/aromatic N) is 2. The lowest BCUT2D eigenvalue weighted by Gasteiger charge is -2.32. The molecule has 0 saturated heterocycles. The number of hydrogen-bond acceptors (Lipinski definition) is 1. The summed E-state index contributed by atoms with van der Waals surface area (Å²) in [7, 11) is 0. The van der Waals surface area contributed by atoms with Crippen molar-refractivity contribution in [2.45, 2.75) is 113 Å². The smallest absolute Gasteiger partial charge is 0.145 e. The summed E-state index contributed by atoms with van der Waals surface area (Å²) in [6.45, 7) is 28.3. The summed E-state index contributed by atoms with van der Waals surface area (Å²) < 4.78 is 12.6. The third kappa shape index (κ3) is 4.33. The van der Waals surface area contributed by atoms with Gasteiger partial charge in [0.05, 0.1) is 44.2 Å². The maximum absolute atomic E-state index is 7.42. The normalized spacial score (nSPS) is 19.5. The molecule has 4 aromatic carbocycles. The van der Waals surface area contributed by atoms with E-state index in [4.69, 9.17) is 4.42 Å². The van der Waals surface area contributed by atoms with Crippen molar-refractivity contribution in [2.24, 2.45) is 16.7 Å². The standard InChI is InChI=1S/C52H54N2O/c1-49(2,3)27-13-17-39-33(21-27)35-23-29(51(7,8)9)25-37-43-41(53(39)45(35)37)19-15-31-32-16-20-42-44(48(32)55-47(31)43)38-26-30(52(10,11)12)24-36-34-22-28(50(4,5)6)14-18-40(34)54(42)46(36)38/h13-17,19-23,25-26,30,40H,18,24H2,1-12H3. The Hall–Kier alpha value is -4.76. The zero-order valence-corrected chi connectivity index (χ0v) is 34.8. The lowest BCUT2D eigenvalue weighted by atomic mass is 9.72. The van der Waals surface area contributed by atoms with E-state index >= 15 is 0 Å². The van der Waals surface area contributed by atoms with Crippen molar-refractivity contribution in [2.75, 3.05) is 0 Å². The summed E-state index contributed by atoms with van der Waals surface area (Å²) in [5.41, 5.74) is 14.8. The van der Waals surface area contributed by atoms with Crippen LogP contribution in [0, 0.1) is 16.7 Å². The molecule has 3 nitrogen and oxygen atoms in total. The molecule has 55 heavy (non-hydrogen) atoms. The number of rotatable bonds is 0. The van der Waals surface area contributed by atoms with Crippen LogP contribution in [-0.2, 0) is 10.8 Å². The molecule has 1 aliphatic heterocycles. The van der Waals surface area contributed by atoms with Crippen LogP contribution >= 0.6 is 0 Å². The van der Waals surface area contributed by atoms with Crippen molar-refractivity contribution in [1.29, 1.82) is 0 Å². The quantitative estimate of drug-likeness (QED) is 0.153. The fraction of sp³-hybridized carbons (Fsp3) is 0.385. The van der Waals surface area contributed by atoms with Crippen LogP contribution in [0.2, 0.25) is 0 Å². The van der Waals surface area contributed by atoms with Gasteiger partial charge in [0.1, 0.15) is 11.2 Å². The highest BCUT2D eigenvalue weighted by atomic mass is 16.3. The van der Waals surface area contributed by atoms with Crippen molar-refractivity contribution >= 4 is 82.6 Å². The van der Waals surface area contributed by atoms with E-state index in [1.165, 1.54) is 87.0 Å². The van der Waals surface area contributed by atoms with Gasteiger partial charge in [-0.2, -0.15) is 0 Å². The fourth-order valence-corrected chi connectivity index (χ4v) is 10.6. The molecule has 2 unspecified atom stereocenters. The van der Waals surface area contributed by atoms with E-state index in [1.54, 1.807) is 11.1 Å². The molecule has 0 saturated carbocycles. The van der Waals surface area contributed by atoms with E-state index in [-0.39, 0.29) is 21.7 Å². The van der Waals surface area contributed by atoms with Gasteiger partial charge in [0.15, 0.2) is 0 Å². The van der Waals surface area contributed by atoms with Crippen LogP contribution in [0.25, 0.3) is 82.6 Å². The molecular formula is C52H54N2O. The number of furan rings is 1. The minimum absolute atomic E-state index is 0.00390. The lowest BCUT2D eigenvalue weighted by Crippen LogP contribution is -2.35. The topological polar surface area (TPSA) is 22.5 Å². The van der Waals surface area contributed by atoms with Crippen LogP contribution < -0.4 is 10.6 Å². The number of fused-ring (bicyclic) bond motifs is 17. The first-order valence-corrected chi connectivity index (χ1v) is 20.6. The summed E-state index contributed by atoms with van der Waals surface area (Å²) in [5, 5.41) is 11.7. The summed E-state index contributed by atoms with van der Waals surface area (Å²) in [6.07, 6.45) is 9.80. The monoisotopic (exact) mass is 722 g/mol. The zero-order valence-electron chi connectivity index (χ0n) is 34.8. The second-order valence-corrected chi connectivity index (χ2v) is 21.5. The van der Waals surface area contributed by atoms with Gasteiger partial charge in [0.25, 0.3) is 0 Å². The van der Waals surface area contributed by atoms with Crippen molar-refractivity contribution in [1.82, 2.24) is 8.97 Å². The van der Waals surface area contributed by atoms with E-state index in [1.807, 2.05) is 0 Å². The molecule has 11 rings (SSSR count). The first kappa shape index (κ1) is 33.6. The van der Waals surface area contributed by atoms with Gasteiger partial charge in [0, 0.05) is 32.1 Å². The van der Waals surface area contributed by atoms with E-state index in [9.17, 15) is 0 Å². The maximum atomic E-state index is 7.42. The van der Waals surface area contributed by atoms with Gasteiger partial charge in [-0.05, 0) is 117 Å². The minimum Gasteiger partial charge on any atom is -0.455 e. The molecule has 0 N–H and O–H groups in total. The summed E-state index contributed by atoms with van der Waals surface area (Å²) in [6, 6.07) is 21.8. The molecule has 2 atom stereocenters. The number of allylic oxidation sites excluding steroid dienone is 4. The first-order valence-electron chi connectivity index (χ1n) is 20.6. The second kappa shape index (κ2) is 10.2. The average Bonchev–Trinajstić information content (AvgIpc) is 3.89.